The van der Waals surface area contributed by atoms with Gasteiger partial charge in [0.1, 0.15) is 59.5 Å². The number of carbonyl (C=O) groups excluding carboxylic acids is 5. The highest BCUT2D eigenvalue weighted by Gasteiger charge is 2.48. The number of aromatic nitrogens is 2. The molecule has 6 fully saturated rings. The van der Waals surface area contributed by atoms with Crippen LogP contribution in [-0.2, 0) is 25.7 Å². The average Bonchev–Trinajstić information content (AvgIpc) is 1.75. The van der Waals surface area contributed by atoms with Gasteiger partial charge >= 0.3 is 6.03 Å². The predicted octanol–water partition coefficient (Wildman–Crippen LogP) is 9.18. The molecule has 536 valence electrons. The summed E-state index contributed by atoms with van der Waals surface area (Å²) in [5, 5.41) is 13.8. The fraction of sp³-hybridized carbons (Fsp3) is 0.541. The van der Waals surface area contributed by atoms with Crippen molar-refractivity contribution < 1.29 is 42.2 Å². The van der Waals surface area contributed by atoms with Gasteiger partial charge < -0.3 is 60.1 Å². The Balaban J connectivity index is 0.537. The van der Waals surface area contributed by atoms with Crippen molar-refractivity contribution in [1.82, 2.24) is 55.3 Å². The lowest BCUT2D eigenvalue weighted by atomic mass is 9.82. The zero-order chi connectivity index (χ0) is 70.3. The molecule has 0 aliphatic carbocycles. The third-order valence-corrected chi connectivity index (χ3v) is 21.6. The van der Waals surface area contributed by atoms with E-state index in [1.807, 2.05) is 50.2 Å². The number of benzene rings is 4. The van der Waals surface area contributed by atoms with E-state index in [-0.39, 0.29) is 79.0 Å². The van der Waals surface area contributed by atoms with Crippen LogP contribution >= 0.6 is 23.2 Å². The van der Waals surface area contributed by atoms with Crippen molar-refractivity contribution in [2.24, 2.45) is 15.8 Å². The SMILES string of the molecule is COc1ccc(C2=N[C@@H](c3ccc(Cl)cc3)[C@@H](c3ccc(Cl)cc3)N2C(=O)N2CCN(CC(=O)NCCCN3CC[C@@]4(CCN(CCC(=O)NCCCNc5cc(N6CCC7(CC6)CN(c6cc(F)c(CN8CCC(C)(C)CC8)cc6F)CC(=O)N7)ncn5)C4)C3)C(=O)C2)c(OC(C)C)c1. The monoisotopic (exact) mass is 1410 g/mol. The third-order valence-electron chi connectivity index (χ3n) is 21.0. The van der Waals surface area contributed by atoms with E-state index in [4.69, 9.17) is 37.7 Å². The molecule has 7 aliphatic rings. The van der Waals surface area contributed by atoms with E-state index >= 15 is 13.6 Å². The van der Waals surface area contributed by atoms with Crippen LogP contribution in [0.5, 0.6) is 11.5 Å². The topological polar surface area (TPSA) is 216 Å². The number of urea groups is 1. The molecule has 0 radical (unpaired) electrons. The van der Waals surface area contributed by atoms with Crippen molar-refractivity contribution in [1.29, 1.82) is 0 Å². The first-order valence-electron chi connectivity index (χ1n) is 35.4. The number of hydrogen-bond acceptors (Lipinski definition) is 16. The second-order valence-corrected chi connectivity index (χ2v) is 30.1. The van der Waals surface area contributed by atoms with Crippen molar-refractivity contribution in [2.75, 3.05) is 147 Å². The van der Waals surface area contributed by atoms with Crippen LogP contribution in [0.25, 0.3) is 0 Å². The summed E-state index contributed by atoms with van der Waals surface area (Å²) in [5.41, 5.74) is 2.49. The number of hydrogen-bond donors (Lipinski definition) is 4. The molecular weight excluding hydrogens is 1320 g/mol. The summed E-state index contributed by atoms with van der Waals surface area (Å²) >= 11 is 12.8. The Morgan fingerprint density at radius 3 is 2.08 bits per heavy atom. The van der Waals surface area contributed by atoms with Gasteiger partial charge in [0.15, 0.2) is 0 Å². The fourth-order valence-electron chi connectivity index (χ4n) is 15.3. The van der Waals surface area contributed by atoms with E-state index in [0.717, 1.165) is 94.9 Å². The number of aliphatic imine (C=N–C) groups is 1. The number of ether oxygens (including phenoxy) is 2. The average molecular weight is 1420 g/mol. The highest BCUT2D eigenvalue weighted by molar-refractivity contribution is 6.30. The summed E-state index contributed by atoms with van der Waals surface area (Å²) in [6.07, 6.45) is 8.61. The van der Waals surface area contributed by atoms with Crippen LogP contribution in [0, 0.1) is 22.5 Å². The molecule has 7 aliphatic heterocycles. The van der Waals surface area contributed by atoms with Gasteiger partial charge in [0.2, 0.25) is 23.6 Å². The molecule has 8 heterocycles. The first-order valence-corrected chi connectivity index (χ1v) is 36.2. The minimum Gasteiger partial charge on any atom is -0.497 e. The van der Waals surface area contributed by atoms with Gasteiger partial charge in [-0.25, -0.2) is 23.5 Å². The maximum atomic E-state index is 15.8. The van der Waals surface area contributed by atoms with E-state index in [1.54, 1.807) is 53.3 Å². The minimum absolute atomic E-state index is 0.0257. The van der Waals surface area contributed by atoms with Crippen LogP contribution in [0.2, 0.25) is 10.0 Å². The molecule has 3 atom stereocenters. The molecule has 0 saturated carbocycles. The van der Waals surface area contributed by atoms with Gasteiger partial charge in [-0.15, -0.1) is 0 Å². The summed E-state index contributed by atoms with van der Waals surface area (Å²) in [6.45, 7) is 18.9. The van der Waals surface area contributed by atoms with Gasteiger partial charge in [-0.1, -0.05) is 61.3 Å². The molecule has 6 amide bonds. The summed E-state index contributed by atoms with van der Waals surface area (Å²) in [5.74, 6) is 1.11. The molecule has 22 nitrogen and oxygen atoms in total. The summed E-state index contributed by atoms with van der Waals surface area (Å²) in [6, 6.07) is 23.0. The van der Waals surface area contributed by atoms with Gasteiger partial charge in [0.25, 0.3) is 0 Å². The van der Waals surface area contributed by atoms with Crippen LogP contribution in [0.4, 0.5) is 30.9 Å². The first kappa shape index (κ1) is 71.9. The molecule has 12 rings (SSSR count). The van der Waals surface area contributed by atoms with Gasteiger partial charge in [-0.05, 0) is 162 Å². The zero-order valence-corrected chi connectivity index (χ0v) is 59.7. The molecule has 0 unspecified atom stereocenters. The summed E-state index contributed by atoms with van der Waals surface area (Å²) < 4.78 is 43.3. The number of carbonyl (C=O) groups is 5. The number of piperidine rings is 2. The lowest BCUT2D eigenvalue weighted by Gasteiger charge is -2.48. The minimum atomic E-state index is -0.650. The Bertz CT molecular complexity index is 3780. The summed E-state index contributed by atoms with van der Waals surface area (Å²) in [7, 11) is 1.58. The zero-order valence-electron chi connectivity index (χ0n) is 58.2. The van der Waals surface area contributed by atoms with Crippen molar-refractivity contribution in [3.63, 3.8) is 0 Å². The number of methoxy groups -OCH3 is 1. The number of nitrogens with zero attached hydrogens (tertiary/aromatic N) is 11. The maximum Gasteiger partial charge on any atom is 0.326 e. The van der Waals surface area contributed by atoms with Crippen LogP contribution in [-0.4, -0.2) is 218 Å². The van der Waals surface area contributed by atoms with E-state index < -0.39 is 35.3 Å². The molecule has 6 saturated heterocycles. The van der Waals surface area contributed by atoms with Crippen molar-refractivity contribution in [3.8, 4) is 11.5 Å². The number of amidine groups is 1. The number of halogens is 4. The molecule has 1 aromatic heterocycles. The second kappa shape index (κ2) is 31.6. The van der Waals surface area contributed by atoms with Crippen LogP contribution in [0.3, 0.4) is 0 Å². The molecule has 0 bridgehead atoms. The van der Waals surface area contributed by atoms with Gasteiger partial charge in [0, 0.05) is 119 Å². The Morgan fingerprint density at radius 1 is 0.700 bits per heavy atom. The Morgan fingerprint density at radius 2 is 1.38 bits per heavy atom. The molecule has 4 N–H and O–H groups in total. The highest BCUT2D eigenvalue weighted by Crippen LogP contribution is 2.47. The van der Waals surface area contributed by atoms with Gasteiger partial charge in [0.05, 0.1) is 49.1 Å². The van der Waals surface area contributed by atoms with Gasteiger partial charge in [-0.3, -0.25) is 34.0 Å². The van der Waals surface area contributed by atoms with Crippen LogP contribution in [0.1, 0.15) is 120 Å². The Hall–Kier alpha value is -7.90. The van der Waals surface area contributed by atoms with Crippen LogP contribution < -0.4 is 40.5 Å². The molecule has 4 aromatic carbocycles. The van der Waals surface area contributed by atoms with E-state index in [0.29, 0.717) is 122 Å². The van der Waals surface area contributed by atoms with Crippen molar-refractivity contribution >= 4 is 76.0 Å². The second-order valence-electron chi connectivity index (χ2n) is 29.3. The molecular formula is C74H95Cl2F2N15O7. The maximum absolute atomic E-state index is 15.8. The largest absolute Gasteiger partial charge is 0.497 e. The Kier molecular flexibility index (Phi) is 22.7. The highest BCUT2D eigenvalue weighted by atomic mass is 35.5. The van der Waals surface area contributed by atoms with Crippen LogP contribution in [0.15, 0.2) is 96.2 Å². The van der Waals surface area contributed by atoms with E-state index in [2.05, 4.69) is 64.7 Å². The number of anilines is 3. The number of nitrogens with one attached hydrogen (secondary N) is 4. The van der Waals surface area contributed by atoms with E-state index in [9.17, 15) is 19.2 Å². The predicted molar refractivity (Wildman–Crippen MR) is 383 cm³/mol. The normalized spacial score (nSPS) is 21.9. The molecule has 2 spiro atoms. The quantitative estimate of drug-likeness (QED) is 0.0424. The van der Waals surface area contributed by atoms with Crippen molar-refractivity contribution in [3.05, 3.63) is 135 Å². The first-order chi connectivity index (χ1) is 48.1. The van der Waals surface area contributed by atoms with Gasteiger partial charge in [-0.2, -0.15) is 0 Å². The molecule has 26 heteroatoms. The molecule has 100 heavy (non-hydrogen) atoms. The van der Waals surface area contributed by atoms with Crippen molar-refractivity contribution in [2.45, 2.75) is 116 Å². The standard InChI is InChI=1S/C74H95Cl2F2N15O7/c1-50(2)100-61-39-56(99-5)16-17-57(61)70-84-68(51-8-12-54(75)13-9-51)69(52-10-14-55(76)15-11-52)93(70)71(98)91-37-36-90(67(97)45-91)43-65(95)81-27-7-28-87-32-21-73(46-87)22-33-88(47-73)29-18-64(94)80-26-6-25-79-62-41-63(83-49-82-62)89-34-23-74(24-35-89)48-92(44-66(96)85-74)60-40-58(77)53(38-59(60)78)42-86-30-19-72(3,4)20-31-86/h8-17,38-41,49-50,68-69H,6-7,18-37,42-48H2,1-5H3,(H,80,94)(H,81,95)(H,85,96)(H,79,82,83)/t68-,69+,73+/m0/s1. The van der Waals surface area contributed by atoms with E-state index in [1.165, 1.54) is 28.3 Å². The lowest BCUT2D eigenvalue weighted by Crippen LogP contribution is -2.66. The third kappa shape index (κ3) is 17.5. The summed E-state index contributed by atoms with van der Waals surface area (Å²) in [4.78, 5) is 98.6. The smallest absolute Gasteiger partial charge is 0.326 e. The number of rotatable bonds is 24. The Labute approximate surface area is 595 Å². The number of piperazine rings is 2. The molecule has 5 aromatic rings. The lowest BCUT2D eigenvalue weighted by molar-refractivity contribution is -0.139. The number of likely N-dealkylation sites (tertiary alicyclic amines) is 3. The number of amides is 6. The fourth-order valence-corrected chi connectivity index (χ4v) is 15.6.